The lowest BCUT2D eigenvalue weighted by atomic mass is 9.98. The minimum atomic E-state index is -0.274. The van der Waals surface area contributed by atoms with Crippen LogP contribution in [0.5, 0.6) is 5.75 Å². The van der Waals surface area contributed by atoms with E-state index in [1.807, 2.05) is 60.7 Å². The third-order valence-corrected chi connectivity index (χ3v) is 4.62. The van der Waals surface area contributed by atoms with Crippen LogP contribution in [0.2, 0.25) is 0 Å². The van der Waals surface area contributed by atoms with Crippen molar-refractivity contribution in [1.82, 2.24) is 0 Å². The molecule has 0 saturated carbocycles. The molecule has 0 bridgehead atoms. The Balaban J connectivity index is 1.75. The van der Waals surface area contributed by atoms with Crippen LogP contribution < -0.4 is 9.75 Å². The molecule has 3 aromatic rings. The monoisotopic (exact) mass is 346 g/mol. The van der Waals surface area contributed by atoms with Gasteiger partial charge >= 0.3 is 0 Å². The molecule has 0 spiro atoms. The second kappa shape index (κ2) is 7.00. The van der Waals surface area contributed by atoms with Crippen molar-refractivity contribution in [1.29, 1.82) is 0 Å². The minimum Gasteiger partial charge on any atom is -0.497 e. The van der Waals surface area contributed by atoms with Gasteiger partial charge in [-0.25, -0.2) is 4.39 Å². The fourth-order valence-corrected chi connectivity index (χ4v) is 3.26. The van der Waals surface area contributed by atoms with E-state index >= 15 is 0 Å². The van der Waals surface area contributed by atoms with Gasteiger partial charge in [-0.2, -0.15) is 5.10 Å². The van der Waals surface area contributed by atoms with Crippen LogP contribution in [0.3, 0.4) is 0 Å². The van der Waals surface area contributed by atoms with Crippen LogP contribution in [-0.4, -0.2) is 12.8 Å². The summed E-state index contributed by atoms with van der Waals surface area (Å²) in [5.41, 5.74) is 3.57. The Hall–Kier alpha value is -3.14. The lowest BCUT2D eigenvalue weighted by Gasteiger charge is -2.24. The maximum atomic E-state index is 14.4. The van der Waals surface area contributed by atoms with Crippen LogP contribution in [0.1, 0.15) is 23.6 Å². The first-order valence-electron chi connectivity index (χ1n) is 8.57. The van der Waals surface area contributed by atoms with E-state index in [1.165, 1.54) is 6.07 Å². The van der Waals surface area contributed by atoms with Crippen molar-refractivity contribution < 1.29 is 9.13 Å². The molecule has 130 valence electrons. The molecule has 0 aromatic heterocycles. The van der Waals surface area contributed by atoms with Crippen LogP contribution in [0, 0.1) is 5.82 Å². The maximum Gasteiger partial charge on any atom is 0.148 e. The number of benzene rings is 3. The van der Waals surface area contributed by atoms with Gasteiger partial charge in [0.25, 0.3) is 0 Å². The summed E-state index contributed by atoms with van der Waals surface area (Å²) < 4.78 is 19.7. The first-order valence-corrected chi connectivity index (χ1v) is 8.57. The van der Waals surface area contributed by atoms with E-state index in [4.69, 9.17) is 9.84 Å². The van der Waals surface area contributed by atoms with Crippen LogP contribution in [0.4, 0.5) is 10.1 Å². The molecular formula is C22H19FN2O. The van der Waals surface area contributed by atoms with E-state index in [-0.39, 0.29) is 11.9 Å². The lowest BCUT2D eigenvalue weighted by Crippen LogP contribution is -2.19. The highest BCUT2D eigenvalue weighted by atomic mass is 19.1. The summed E-state index contributed by atoms with van der Waals surface area (Å²) in [6.07, 6.45) is 0.713. The number of methoxy groups -OCH3 is 1. The lowest BCUT2D eigenvalue weighted by molar-refractivity contribution is 0.414. The molecule has 0 radical (unpaired) electrons. The Labute approximate surface area is 152 Å². The van der Waals surface area contributed by atoms with Gasteiger partial charge in [-0.05, 0) is 35.4 Å². The van der Waals surface area contributed by atoms with Gasteiger partial charge in [0, 0.05) is 6.42 Å². The largest absolute Gasteiger partial charge is 0.497 e. The number of rotatable bonds is 4. The summed E-state index contributed by atoms with van der Waals surface area (Å²) in [6.45, 7) is 0. The number of halogens is 1. The minimum absolute atomic E-state index is 0.0620. The molecule has 0 saturated heterocycles. The Morgan fingerprint density at radius 3 is 2.31 bits per heavy atom. The SMILES string of the molecule is COc1ccc([C@@H]2CC(c3ccccc3)=NN2c2ccccc2F)cc1. The standard InChI is InChI=1S/C22H19FN2O/c1-26-18-13-11-17(12-14-18)22-15-20(16-7-3-2-4-8-16)24-25(22)21-10-6-5-9-19(21)23/h2-14,22H,15H2,1H3/t22-/m0/s1. The van der Waals surface area contributed by atoms with Gasteiger partial charge in [0.15, 0.2) is 0 Å². The van der Waals surface area contributed by atoms with E-state index in [0.717, 1.165) is 22.6 Å². The Bertz CT molecular complexity index is 922. The molecule has 3 nitrogen and oxygen atoms in total. The van der Waals surface area contributed by atoms with Gasteiger partial charge in [-0.15, -0.1) is 0 Å². The zero-order valence-corrected chi connectivity index (χ0v) is 14.5. The number of para-hydroxylation sites is 1. The summed E-state index contributed by atoms with van der Waals surface area (Å²) in [6, 6.07) is 24.6. The molecule has 0 fully saturated rings. The predicted molar refractivity (Wildman–Crippen MR) is 102 cm³/mol. The highest BCUT2D eigenvalue weighted by molar-refractivity contribution is 6.03. The topological polar surface area (TPSA) is 24.8 Å². The van der Waals surface area contributed by atoms with Crippen molar-refractivity contribution in [2.24, 2.45) is 5.10 Å². The molecule has 4 heteroatoms. The Kier molecular flexibility index (Phi) is 4.40. The van der Waals surface area contributed by atoms with Crippen molar-refractivity contribution in [2.75, 3.05) is 12.1 Å². The molecular weight excluding hydrogens is 327 g/mol. The zero-order chi connectivity index (χ0) is 17.9. The Morgan fingerprint density at radius 1 is 0.923 bits per heavy atom. The first kappa shape index (κ1) is 16.3. The molecule has 1 heterocycles. The highest BCUT2D eigenvalue weighted by Gasteiger charge is 2.31. The van der Waals surface area contributed by atoms with Crippen molar-refractivity contribution in [3.8, 4) is 5.75 Å². The number of hydrazone groups is 1. The van der Waals surface area contributed by atoms with Gasteiger partial charge in [0.2, 0.25) is 0 Å². The first-order chi connectivity index (χ1) is 12.8. The van der Waals surface area contributed by atoms with Crippen molar-refractivity contribution in [3.05, 3.63) is 95.8 Å². The van der Waals surface area contributed by atoms with E-state index in [0.29, 0.717) is 12.1 Å². The average molecular weight is 346 g/mol. The maximum absolute atomic E-state index is 14.4. The number of ether oxygens (including phenoxy) is 1. The van der Waals surface area contributed by atoms with Gasteiger partial charge in [-0.1, -0.05) is 54.6 Å². The van der Waals surface area contributed by atoms with Gasteiger partial charge in [0.05, 0.1) is 24.6 Å². The average Bonchev–Trinajstić information content (AvgIpc) is 3.14. The van der Waals surface area contributed by atoms with E-state index < -0.39 is 0 Å². The number of anilines is 1. The molecule has 1 aliphatic heterocycles. The third kappa shape index (κ3) is 3.06. The van der Waals surface area contributed by atoms with Crippen LogP contribution in [-0.2, 0) is 0 Å². The second-order valence-corrected chi connectivity index (χ2v) is 6.20. The van der Waals surface area contributed by atoms with Gasteiger partial charge in [-0.3, -0.25) is 5.01 Å². The summed E-state index contributed by atoms with van der Waals surface area (Å²) in [5, 5.41) is 6.56. The van der Waals surface area contributed by atoms with Crippen LogP contribution >= 0.6 is 0 Å². The molecule has 0 aliphatic carbocycles. The molecule has 0 amide bonds. The number of nitrogens with zero attached hydrogens (tertiary/aromatic N) is 2. The molecule has 3 aromatic carbocycles. The Morgan fingerprint density at radius 2 is 1.62 bits per heavy atom. The fraction of sp³-hybridized carbons (Fsp3) is 0.136. The summed E-state index contributed by atoms with van der Waals surface area (Å²) in [4.78, 5) is 0. The molecule has 0 unspecified atom stereocenters. The second-order valence-electron chi connectivity index (χ2n) is 6.20. The van der Waals surface area contributed by atoms with Crippen LogP contribution in [0.15, 0.2) is 84.0 Å². The van der Waals surface area contributed by atoms with Crippen molar-refractivity contribution in [3.63, 3.8) is 0 Å². The molecule has 26 heavy (non-hydrogen) atoms. The van der Waals surface area contributed by atoms with E-state index in [2.05, 4.69) is 0 Å². The van der Waals surface area contributed by atoms with E-state index in [1.54, 1.807) is 24.3 Å². The highest BCUT2D eigenvalue weighted by Crippen LogP contribution is 2.38. The number of hydrogen-bond acceptors (Lipinski definition) is 3. The normalized spacial score (nSPS) is 16.5. The summed E-state index contributed by atoms with van der Waals surface area (Å²) in [5.74, 6) is 0.525. The van der Waals surface area contributed by atoms with Crippen molar-refractivity contribution >= 4 is 11.4 Å². The fourth-order valence-electron chi connectivity index (χ4n) is 3.26. The third-order valence-electron chi connectivity index (χ3n) is 4.62. The summed E-state index contributed by atoms with van der Waals surface area (Å²) in [7, 11) is 1.65. The molecule has 4 rings (SSSR count). The summed E-state index contributed by atoms with van der Waals surface area (Å²) >= 11 is 0. The van der Waals surface area contributed by atoms with Crippen molar-refractivity contribution in [2.45, 2.75) is 12.5 Å². The van der Waals surface area contributed by atoms with Gasteiger partial charge < -0.3 is 4.74 Å². The zero-order valence-electron chi connectivity index (χ0n) is 14.5. The predicted octanol–water partition coefficient (Wildman–Crippen LogP) is 5.19. The van der Waals surface area contributed by atoms with Crippen LogP contribution in [0.25, 0.3) is 0 Å². The number of hydrogen-bond donors (Lipinski definition) is 0. The van der Waals surface area contributed by atoms with Gasteiger partial charge in [0.1, 0.15) is 11.6 Å². The smallest absolute Gasteiger partial charge is 0.148 e. The molecule has 0 N–H and O–H groups in total. The quantitative estimate of drug-likeness (QED) is 0.649. The van der Waals surface area contributed by atoms with E-state index in [9.17, 15) is 4.39 Å². The molecule has 1 aliphatic rings. The molecule has 1 atom stereocenters.